The third-order valence-corrected chi connectivity index (χ3v) is 4.50. The van der Waals surface area contributed by atoms with Crippen LogP contribution in [-0.4, -0.2) is 37.5 Å². The Morgan fingerprint density at radius 2 is 1.47 bits per heavy atom. The standard InChI is InChI=1S/C22H25N3O5/c1-15-10-16(2)12-19(11-15)30-14-21(27)24-23-20(26)13-29-18-7-5-17(6-8-18)25-9-3-4-22(25)28/h5-8,10-12H,3-4,9,13-14H2,1-2H3,(H,23,26)(H,24,27). The topological polar surface area (TPSA) is 97.0 Å². The van der Waals surface area contributed by atoms with Crippen molar-refractivity contribution in [2.75, 3.05) is 24.7 Å². The largest absolute Gasteiger partial charge is 0.484 e. The van der Waals surface area contributed by atoms with Crippen LogP contribution >= 0.6 is 0 Å². The lowest BCUT2D eigenvalue weighted by molar-refractivity contribution is -0.131. The Morgan fingerprint density at radius 3 is 2.00 bits per heavy atom. The minimum Gasteiger partial charge on any atom is -0.484 e. The third-order valence-electron chi connectivity index (χ3n) is 4.50. The molecule has 1 fully saturated rings. The second-order valence-electron chi connectivity index (χ2n) is 7.14. The van der Waals surface area contributed by atoms with Gasteiger partial charge in [0.1, 0.15) is 11.5 Å². The second-order valence-corrected chi connectivity index (χ2v) is 7.14. The summed E-state index contributed by atoms with van der Waals surface area (Å²) in [6, 6.07) is 12.6. The van der Waals surface area contributed by atoms with E-state index in [1.165, 1.54) is 0 Å². The van der Waals surface area contributed by atoms with E-state index in [2.05, 4.69) is 10.9 Å². The monoisotopic (exact) mass is 411 g/mol. The summed E-state index contributed by atoms with van der Waals surface area (Å²) in [4.78, 5) is 37.2. The van der Waals surface area contributed by atoms with E-state index in [9.17, 15) is 14.4 Å². The van der Waals surface area contributed by atoms with Gasteiger partial charge in [0, 0.05) is 18.7 Å². The average Bonchev–Trinajstić information content (AvgIpc) is 3.14. The zero-order valence-electron chi connectivity index (χ0n) is 17.1. The molecule has 3 amide bonds. The van der Waals surface area contributed by atoms with Gasteiger partial charge < -0.3 is 14.4 Å². The van der Waals surface area contributed by atoms with Crippen LogP contribution in [0.2, 0.25) is 0 Å². The number of ether oxygens (including phenoxy) is 2. The molecule has 8 heteroatoms. The smallest absolute Gasteiger partial charge is 0.276 e. The first-order chi connectivity index (χ1) is 14.4. The van der Waals surface area contributed by atoms with E-state index in [-0.39, 0.29) is 19.1 Å². The van der Waals surface area contributed by atoms with Crippen molar-refractivity contribution in [2.24, 2.45) is 0 Å². The van der Waals surface area contributed by atoms with Crippen LogP contribution in [0.3, 0.4) is 0 Å². The van der Waals surface area contributed by atoms with Gasteiger partial charge in [0.05, 0.1) is 0 Å². The number of benzene rings is 2. The van der Waals surface area contributed by atoms with Crippen molar-refractivity contribution in [3.05, 3.63) is 53.6 Å². The number of rotatable bonds is 7. The molecule has 2 aromatic carbocycles. The van der Waals surface area contributed by atoms with Gasteiger partial charge in [-0.1, -0.05) is 6.07 Å². The van der Waals surface area contributed by atoms with Crippen LogP contribution in [0.15, 0.2) is 42.5 Å². The first kappa shape index (κ1) is 21.2. The van der Waals surface area contributed by atoms with Crippen molar-refractivity contribution in [1.82, 2.24) is 10.9 Å². The van der Waals surface area contributed by atoms with E-state index in [0.717, 1.165) is 23.2 Å². The van der Waals surface area contributed by atoms with Crippen LogP contribution in [0.25, 0.3) is 0 Å². The Kier molecular flexibility index (Phi) is 6.90. The minimum atomic E-state index is -0.506. The fraction of sp³-hybridized carbons (Fsp3) is 0.318. The van der Waals surface area contributed by atoms with E-state index in [0.29, 0.717) is 24.5 Å². The maximum absolute atomic E-state index is 11.9. The first-order valence-corrected chi connectivity index (χ1v) is 9.73. The van der Waals surface area contributed by atoms with Gasteiger partial charge in [-0.25, -0.2) is 0 Å². The molecule has 0 unspecified atom stereocenters. The summed E-state index contributed by atoms with van der Waals surface area (Å²) in [6.45, 7) is 4.12. The molecule has 2 N–H and O–H groups in total. The summed E-state index contributed by atoms with van der Waals surface area (Å²) in [5.41, 5.74) is 7.45. The molecule has 1 aliphatic rings. The van der Waals surface area contributed by atoms with Crippen LogP contribution in [-0.2, 0) is 14.4 Å². The van der Waals surface area contributed by atoms with E-state index in [1.54, 1.807) is 29.2 Å². The molecule has 8 nitrogen and oxygen atoms in total. The Morgan fingerprint density at radius 1 is 0.900 bits per heavy atom. The molecule has 0 aromatic heterocycles. The molecule has 0 radical (unpaired) electrons. The second kappa shape index (κ2) is 9.78. The lowest BCUT2D eigenvalue weighted by Gasteiger charge is -2.16. The van der Waals surface area contributed by atoms with Crippen LogP contribution in [0.1, 0.15) is 24.0 Å². The Labute approximate surface area is 175 Å². The molecule has 0 atom stereocenters. The highest BCUT2D eigenvalue weighted by Gasteiger charge is 2.21. The van der Waals surface area contributed by atoms with Gasteiger partial charge in [0.15, 0.2) is 13.2 Å². The molecular formula is C22H25N3O5. The van der Waals surface area contributed by atoms with Gasteiger partial charge in [-0.15, -0.1) is 0 Å². The SMILES string of the molecule is Cc1cc(C)cc(OCC(=O)NNC(=O)COc2ccc(N3CCCC3=O)cc2)c1. The molecule has 3 rings (SSSR count). The number of nitrogens with one attached hydrogen (secondary N) is 2. The summed E-state index contributed by atoms with van der Waals surface area (Å²) in [7, 11) is 0. The molecule has 0 bridgehead atoms. The van der Waals surface area contributed by atoms with Gasteiger partial charge >= 0.3 is 0 Å². The number of anilines is 1. The predicted octanol–water partition coefficient (Wildman–Crippen LogP) is 2.04. The highest BCUT2D eigenvalue weighted by molar-refractivity contribution is 5.95. The number of amides is 3. The van der Waals surface area contributed by atoms with Crippen molar-refractivity contribution in [3.63, 3.8) is 0 Å². The normalized spacial score (nSPS) is 13.1. The fourth-order valence-corrected chi connectivity index (χ4v) is 3.17. The predicted molar refractivity (Wildman–Crippen MR) is 111 cm³/mol. The van der Waals surface area contributed by atoms with Crippen molar-refractivity contribution in [3.8, 4) is 11.5 Å². The molecule has 158 valence electrons. The maximum Gasteiger partial charge on any atom is 0.276 e. The lowest BCUT2D eigenvalue weighted by Crippen LogP contribution is -2.45. The van der Waals surface area contributed by atoms with Gasteiger partial charge in [0.2, 0.25) is 5.91 Å². The van der Waals surface area contributed by atoms with E-state index in [1.807, 2.05) is 32.0 Å². The van der Waals surface area contributed by atoms with Gasteiger partial charge in [0.25, 0.3) is 11.8 Å². The van der Waals surface area contributed by atoms with Crippen LogP contribution < -0.4 is 25.2 Å². The van der Waals surface area contributed by atoms with Crippen molar-refractivity contribution in [1.29, 1.82) is 0 Å². The average molecular weight is 411 g/mol. The van der Waals surface area contributed by atoms with Crippen LogP contribution in [0.4, 0.5) is 5.69 Å². The minimum absolute atomic E-state index is 0.111. The van der Waals surface area contributed by atoms with Crippen LogP contribution in [0, 0.1) is 13.8 Å². The highest BCUT2D eigenvalue weighted by atomic mass is 16.5. The third kappa shape index (κ3) is 5.97. The number of hydrogen-bond acceptors (Lipinski definition) is 5. The summed E-state index contributed by atoms with van der Waals surface area (Å²) in [5, 5.41) is 0. The first-order valence-electron chi connectivity index (χ1n) is 9.73. The Balaban J connectivity index is 1.37. The Bertz CT molecular complexity index is 907. The number of carbonyl (C=O) groups excluding carboxylic acids is 3. The van der Waals surface area contributed by atoms with Gasteiger partial charge in [-0.3, -0.25) is 25.2 Å². The Hall–Kier alpha value is -3.55. The van der Waals surface area contributed by atoms with Crippen molar-refractivity contribution in [2.45, 2.75) is 26.7 Å². The van der Waals surface area contributed by atoms with Gasteiger partial charge in [-0.2, -0.15) is 0 Å². The quantitative estimate of drug-likeness (QED) is 0.680. The summed E-state index contributed by atoms with van der Waals surface area (Å²) < 4.78 is 10.8. The number of hydrogen-bond donors (Lipinski definition) is 2. The van der Waals surface area contributed by atoms with Crippen molar-refractivity contribution >= 4 is 23.4 Å². The van der Waals surface area contributed by atoms with E-state index < -0.39 is 11.8 Å². The molecule has 0 saturated carbocycles. The van der Waals surface area contributed by atoms with E-state index >= 15 is 0 Å². The zero-order valence-corrected chi connectivity index (χ0v) is 17.1. The molecule has 1 saturated heterocycles. The number of carbonyl (C=O) groups is 3. The molecule has 0 spiro atoms. The number of aryl methyl sites for hydroxylation is 2. The summed E-state index contributed by atoms with van der Waals surface area (Å²) in [5.74, 6) is 0.206. The molecule has 2 aromatic rings. The zero-order chi connectivity index (χ0) is 21.5. The fourth-order valence-electron chi connectivity index (χ4n) is 3.17. The van der Waals surface area contributed by atoms with Gasteiger partial charge in [-0.05, 0) is 67.8 Å². The molecular weight excluding hydrogens is 386 g/mol. The summed E-state index contributed by atoms with van der Waals surface area (Å²) >= 11 is 0. The van der Waals surface area contributed by atoms with E-state index in [4.69, 9.17) is 9.47 Å². The molecule has 1 aliphatic heterocycles. The summed E-state index contributed by atoms with van der Waals surface area (Å²) in [6.07, 6.45) is 1.43. The molecule has 0 aliphatic carbocycles. The molecule has 30 heavy (non-hydrogen) atoms. The van der Waals surface area contributed by atoms with Crippen molar-refractivity contribution < 1.29 is 23.9 Å². The maximum atomic E-state index is 11.9. The highest BCUT2D eigenvalue weighted by Crippen LogP contribution is 2.23. The number of nitrogens with zero attached hydrogens (tertiary/aromatic N) is 1. The molecule has 1 heterocycles. The number of hydrazine groups is 1. The lowest BCUT2D eigenvalue weighted by atomic mass is 10.1. The van der Waals surface area contributed by atoms with Crippen LogP contribution in [0.5, 0.6) is 11.5 Å².